The Hall–Kier alpha value is -2.01. The Morgan fingerprint density at radius 1 is 1.19 bits per heavy atom. The molecule has 0 aliphatic carbocycles. The highest BCUT2D eigenvalue weighted by atomic mass is 32.2. The van der Waals surface area contributed by atoms with Gasteiger partial charge in [0.25, 0.3) is 0 Å². The third-order valence-electron chi connectivity index (χ3n) is 2.81. The van der Waals surface area contributed by atoms with Crippen LogP contribution < -0.4 is 4.74 Å². The van der Waals surface area contributed by atoms with Crippen LogP contribution >= 0.6 is 0 Å². The summed E-state index contributed by atoms with van der Waals surface area (Å²) in [6, 6.07) is 12.1. The SMILES string of the molecule is CCOc1ccc(C(=O)CS(=O)c2cccc(F)c2)cc1. The number of Topliss-reactive ketones (excluding diaryl/α,β-unsaturated/α-hetero) is 1. The molecule has 21 heavy (non-hydrogen) atoms. The van der Waals surface area contributed by atoms with Gasteiger partial charge < -0.3 is 4.74 Å². The number of halogens is 1. The molecule has 5 heteroatoms. The molecule has 110 valence electrons. The van der Waals surface area contributed by atoms with Crippen molar-refractivity contribution in [2.45, 2.75) is 11.8 Å². The van der Waals surface area contributed by atoms with Crippen LogP contribution in [0.1, 0.15) is 17.3 Å². The van der Waals surface area contributed by atoms with Gasteiger partial charge in [0.2, 0.25) is 0 Å². The molecule has 0 amide bonds. The molecule has 1 atom stereocenters. The standard InChI is InChI=1S/C16H15FO3S/c1-2-20-14-8-6-12(7-9-14)16(18)11-21(19)15-5-3-4-13(17)10-15/h3-10H,2,11H2,1H3. The lowest BCUT2D eigenvalue weighted by molar-refractivity contribution is 0.102. The number of ketones is 1. The number of carbonyl (C=O) groups is 1. The van der Waals surface area contributed by atoms with E-state index in [2.05, 4.69) is 0 Å². The Kier molecular flexibility index (Phi) is 5.22. The molecule has 0 aromatic heterocycles. The van der Waals surface area contributed by atoms with E-state index in [4.69, 9.17) is 4.74 Å². The zero-order valence-corrected chi connectivity index (χ0v) is 12.4. The third-order valence-corrected chi connectivity index (χ3v) is 4.11. The summed E-state index contributed by atoms with van der Waals surface area (Å²) in [5, 5.41) is 0. The molecule has 0 aliphatic heterocycles. The Morgan fingerprint density at radius 3 is 2.52 bits per heavy atom. The number of rotatable bonds is 6. The monoisotopic (exact) mass is 306 g/mol. The Morgan fingerprint density at radius 2 is 1.90 bits per heavy atom. The van der Waals surface area contributed by atoms with Gasteiger partial charge >= 0.3 is 0 Å². The largest absolute Gasteiger partial charge is 0.494 e. The minimum Gasteiger partial charge on any atom is -0.494 e. The zero-order chi connectivity index (χ0) is 15.2. The molecule has 0 saturated carbocycles. The van der Waals surface area contributed by atoms with Gasteiger partial charge in [-0.1, -0.05) is 6.07 Å². The lowest BCUT2D eigenvalue weighted by Gasteiger charge is -2.05. The Labute approximate surface area is 125 Å². The van der Waals surface area contributed by atoms with Crippen LogP contribution in [-0.2, 0) is 10.8 Å². The maximum Gasteiger partial charge on any atom is 0.175 e. The molecule has 2 aromatic rings. The summed E-state index contributed by atoms with van der Waals surface area (Å²) in [6.07, 6.45) is 0. The molecule has 2 rings (SSSR count). The van der Waals surface area contributed by atoms with Crippen LogP contribution in [0, 0.1) is 5.82 Å². The molecule has 2 aromatic carbocycles. The first-order valence-corrected chi connectivity index (χ1v) is 7.82. The average Bonchev–Trinajstić information content (AvgIpc) is 2.48. The summed E-state index contributed by atoms with van der Waals surface area (Å²) in [5.41, 5.74) is 0.461. The summed E-state index contributed by atoms with van der Waals surface area (Å²) in [5.74, 6) is -0.201. The van der Waals surface area contributed by atoms with Crippen LogP contribution in [0.15, 0.2) is 53.4 Å². The van der Waals surface area contributed by atoms with Crippen molar-refractivity contribution in [2.24, 2.45) is 0 Å². The summed E-state index contributed by atoms with van der Waals surface area (Å²) in [4.78, 5) is 12.4. The van der Waals surface area contributed by atoms with Crippen molar-refractivity contribution >= 4 is 16.6 Å². The van der Waals surface area contributed by atoms with E-state index in [1.165, 1.54) is 18.2 Å². The van der Waals surface area contributed by atoms with Gasteiger partial charge in [-0.15, -0.1) is 0 Å². The first kappa shape index (κ1) is 15.4. The van der Waals surface area contributed by atoms with Crippen molar-refractivity contribution in [3.63, 3.8) is 0 Å². The van der Waals surface area contributed by atoms with Gasteiger partial charge in [0.15, 0.2) is 5.78 Å². The number of carbonyl (C=O) groups excluding carboxylic acids is 1. The summed E-state index contributed by atoms with van der Waals surface area (Å²) in [6.45, 7) is 2.43. The third kappa shape index (κ3) is 4.23. The predicted octanol–water partition coefficient (Wildman–Crippen LogP) is 3.21. The second-order valence-electron chi connectivity index (χ2n) is 4.33. The van der Waals surface area contributed by atoms with Crippen LogP contribution in [0.3, 0.4) is 0 Å². The molecular formula is C16H15FO3S. The molecule has 0 aliphatic rings. The van der Waals surface area contributed by atoms with E-state index in [9.17, 15) is 13.4 Å². The number of hydrogen-bond acceptors (Lipinski definition) is 3. The molecule has 0 N–H and O–H groups in total. The normalized spacial score (nSPS) is 11.9. The van der Waals surface area contributed by atoms with Gasteiger partial charge in [0, 0.05) is 10.5 Å². The number of benzene rings is 2. The Bertz CT molecular complexity index is 653. The maximum atomic E-state index is 13.1. The molecule has 3 nitrogen and oxygen atoms in total. The highest BCUT2D eigenvalue weighted by Gasteiger charge is 2.13. The molecule has 0 saturated heterocycles. The van der Waals surface area contributed by atoms with E-state index in [1.807, 2.05) is 6.92 Å². The smallest absolute Gasteiger partial charge is 0.175 e. The first-order chi connectivity index (χ1) is 10.1. The number of ether oxygens (including phenoxy) is 1. The van der Waals surface area contributed by atoms with Gasteiger partial charge in [-0.2, -0.15) is 0 Å². The van der Waals surface area contributed by atoms with E-state index in [0.717, 1.165) is 0 Å². The van der Waals surface area contributed by atoms with Crippen molar-refractivity contribution < 1.29 is 18.1 Å². The summed E-state index contributed by atoms with van der Waals surface area (Å²) < 4.78 is 30.4. The molecule has 1 unspecified atom stereocenters. The predicted molar refractivity (Wildman–Crippen MR) is 79.6 cm³/mol. The van der Waals surface area contributed by atoms with Crippen LogP contribution in [-0.4, -0.2) is 22.4 Å². The van der Waals surface area contributed by atoms with Gasteiger partial charge in [0.05, 0.1) is 23.2 Å². The second kappa shape index (κ2) is 7.13. The molecule has 0 bridgehead atoms. The van der Waals surface area contributed by atoms with Crippen LogP contribution in [0.5, 0.6) is 5.75 Å². The molecule has 0 fully saturated rings. The van der Waals surface area contributed by atoms with E-state index < -0.39 is 16.6 Å². The van der Waals surface area contributed by atoms with Gasteiger partial charge in [-0.3, -0.25) is 9.00 Å². The van der Waals surface area contributed by atoms with Crippen molar-refractivity contribution in [1.82, 2.24) is 0 Å². The van der Waals surface area contributed by atoms with E-state index in [-0.39, 0.29) is 11.5 Å². The molecule has 0 heterocycles. The zero-order valence-electron chi connectivity index (χ0n) is 11.5. The average molecular weight is 306 g/mol. The maximum absolute atomic E-state index is 13.1. The van der Waals surface area contributed by atoms with E-state index >= 15 is 0 Å². The summed E-state index contributed by atoms with van der Waals surface area (Å²) >= 11 is 0. The van der Waals surface area contributed by atoms with E-state index in [1.54, 1.807) is 30.3 Å². The van der Waals surface area contributed by atoms with Crippen molar-refractivity contribution in [3.05, 3.63) is 59.9 Å². The topological polar surface area (TPSA) is 43.4 Å². The highest BCUT2D eigenvalue weighted by molar-refractivity contribution is 7.85. The number of hydrogen-bond donors (Lipinski definition) is 0. The highest BCUT2D eigenvalue weighted by Crippen LogP contribution is 2.14. The van der Waals surface area contributed by atoms with Crippen LogP contribution in [0.2, 0.25) is 0 Å². The van der Waals surface area contributed by atoms with Crippen LogP contribution in [0.4, 0.5) is 4.39 Å². The van der Waals surface area contributed by atoms with Crippen molar-refractivity contribution in [2.75, 3.05) is 12.4 Å². The molecule has 0 radical (unpaired) electrons. The molecular weight excluding hydrogens is 291 g/mol. The van der Waals surface area contributed by atoms with Crippen molar-refractivity contribution in [1.29, 1.82) is 0 Å². The Balaban J connectivity index is 2.05. The fourth-order valence-corrected chi connectivity index (χ4v) is 2.84. The lowest BCUT2D eigenvalue weighted by atomic mass is 10.1. The fourth-order valence-electron chi connectivity index (χ4n) is 1.80. The quantitative estimate of drug-likeness (QED) is 0.770. The minimum absolute atomic E-state index is 0.169. The fraction of sp³-hybridized carbons (Fsp3) is 0.188. The van der Waals surface area contributed by atoms with E-state index in [0.29, 0.717) is 22.8 Å². The van der Waals surface area contributed by atoms with Gasteiger partial charge in [0.1, 0.15) is 11.6 Å². The lowest BCUT2D eigenvalue weighted by Crippen LogP contribution is -2.11. The molecule has 0 spiro atoms. The second-order valence-corrected chi connectivity index (χ2v) is 5.78. The van der Waals surface area contributed by atoms with Gasteiger partial charge in [-0.25, -0.2) is 4.39 Å². The van der Waals surface area contributed by atoms with Gasteiger partial charge in [-0.05, 0) is 49.4 Å². The first-order valence-electron chi connectivity index (χ1n) is 6.50. The minimum atomic E-state index is -1.55. The summed E-state index contributed by atoms with van der Waals surface area (Å²) in [7, 11) is -1.55. The van der Waals surface area contributed by atoms with Crippen LogP contribution in [0.25, 0.3) is 0 Å². The van der Waals surface area contributed by atoms with Crippen molar-refractivity contribution in [3.8, 4) is 5.75 Å².